The number of carbonyl (C=O) groups excluding carboxylic acids is 2. The van der Waals surface area contributed by atoms with Crippen molar-refractivity contribution in [2.75, 3.05) is 7.11 Å². The summed E-state index contributed by atoms with van der Waals surface area (Å²) in [7, 11) is 1.56. The number of hydrogen-bond donors (Lipinski definition) is 1. The number of rotatable bonds is 7. The summed E-state index contributed by atoms with van der Waals surface area (Å²) >= 11 is 0. The van der Waals surface area contributed by atoms with Crippen LogP contribution in [0.2, 0.25) is 0 Å². The number of ether oxygens (including phenoxy) is 8. The Kier molecular flexibility index (Phi) is 9.67. The molecule has 1 N–H and O–H groups in total. The van der Waals surface area contributed by atoms with Gasteiger partial charge in [0, 0.05) is 40.2 Å². The molecule has 3 aliphatic rings. The summed E-state index contributed by atoms with van der Waals surface area (Å²) in [4.78, 5) is 23.0. The van der Waals surface area contributed by atoms with Crippen molar-refractivity contribution < 1.29 is 52.6 Å². The van der Waals surface area contributed by atoms with Crippen LogP contribution in [0.25, 0.3) is 0 Å². The van der Waals surface area contributed by atoms with Crippen LogP contribution in [0, 0.1) is 0 Å². The Morgan fingerprint density at radius 1 is 0.735 bits per heavy atom. The molecule has 0 radical (unpaired) electrons. The van der Waals surface area contributed by atoms with Crippen LogP contribution in [-0.2, 0) is 47.5 Å². The molecule has 0 aromatic rings. The van der Waals surface area contributed by atoms with Gasteiger partial charge in [-0.2, -0.15) is 0 Å². The molecule has 0 amide bonds. The largest absolute Gasteiger partial charge is 0.459 e. The van der Waals surface area contributed by atoms with E-state index in [1.165, 1.54) is 13.8 Å². The van der Waals surface area contributed by atoms with Crippen LogP contribution in [0.5, 0.6) is 0 Å². The maximum atomic E-state index is 11.6. The summed E-state index contributed by atoms with van der Waals surface area (Å²) in [6.45, 7) is 8.07. The average Bonchev–Trinajstić information content (AvgIpc) is 2.75. The van der Waals surface area contributed by atoms with Gasteiger partial charge in [-0.3, -0.25) is 9.59 Å². The van der Waals surface area contributed by atoms with Crippen molar-refractivity contribution in [3.8, 4) is 0 Å². The molecule has 0 spiro atoms. The van der Waals surface area contributed by atoms with Gasteiger partial charge < -0.3 is 43.0 Å². The molecule has 0 aromatic carbocycles. The maximum Gasteiger partial charge on any atom is 0.303 e. The summed E-state index contributed by atoms with van der Waals surface area (Å²) in [5.74, 6) is -0.869. The summed E-state index contributed by atoms with van der Waals surface area (Å²) in [5, 5.41) is 10.2. The van der Waals surface area contributed by atoms with Crippen LogP contribution < -0.4 is 0 Å². The lowest BCUT2D eigenvalue weighted by Gasteiger charge is -2.43. The number of aliphatic hydroxyl groups excluding tert-OH is 1. The van der Waals surface area contributed by atoms with Gasteiger partial charge in [-0.25, -0.2) is 0 Å². The zero-order valence-electron chi connectivity index (χ0n) is 20.7. The van der Waals surface area contributed by atoms with Gasteiger partial charge in [0.1, 0.15) is 18.3 Å². The quantitative estimate of drug-likeness (QED) is 0.520. The van der Waals surface area contributed by atoms with Crippen LogP contribution in [-0.4, -0.2) is 91.9 Å². The van der Waals surface area contributed by atoms with E-state index in [1.807, 2.05) is 13.8 Å². The standard InChI is InChI=1S/C23H38O11/c1-11-16(33-21-9-17(31-14(4)24)22(26)12(2)29-21)7-8-19(28-11)34-18-10-20(27-6)30-13(3)23(18)32-15(5)25/h11-13,16-23,26H,7-10H2,1-6H3. The van der Waals surface area contributed by atoms with E-state index in [0.29, 0.717) is 19.3 Å². The van der Waals surface area contributed by atoms with Crippen molar-refractivity contribution in [2.24, 2.45) is 0 Å². The highest BCUT2D eigenvalue weighted by molar-refractivity contribution is 5.66. The predicted octanol–water partition coefficient (Wildman–Crippen LogP) is 1.42. The van der Waals surface area contributed by atoms with Gasteiger partial charge in [0.05, 0.1) is 24.4 Å². The summed E-state index contributed by atoms with van der Waals surface area (Å²) < 4.78 is 45.9. The van der Waals surface area contributed by atoms with Crippen molar-refractivity contribution in [3.63, 3.8) is 0 Å². The Bertz CT molecular complexity index is 688. The molecular formula is C23H38O11. The molecule has 3 fully saturated rings. The van der Waals surface area contributed by atoms with E-state index in [1.54, 1.807) is 14.0 Å². The fourth-order valence-corrected chi connectivity index (χ4v) is 4.67. The third-order valence-electron chi connectivity index (χ3n) is 6.39. The number of esters is 2. The van der Waals surface area contributed by atoms with Crippen LogP contribution in [0.15, 0.2) is 0 Å². The molecule has 11 nitrogen and oxygen atoms in total. The third-order valence-corrected chi connectivity index (χ3v) is 6.39. The average molecular weight is 491 g/mol. The highest BCUT2D eigenvalue weighted by Gasteiger charge is 2.43. The molecule has 3 rings (SSSR count). The van der Waals surface area contributed by atoms with Crippen LogP contribution in [0.4, 0.5) is 0 Å². The minimum absolute atomic E-state index is 0.233. The monoisotopic (exact) mass is 490 g/mol. The SMILES string of the molecule is COC1CC(OC2CCC(OC3CC(OC(C)=O)C(O)C(C)O3)C(C)O2)C(OC(C)=O)C(C)O1. The first-order valence-corrected chi connectivity index (χ1v) is 11.9. The second-order valence-corrected chi connectivity index (χ2v) is 9.16. The van der Waals surface area contributed by atoms with Gasteiger partial charge >= 0.3 is 11.9 Å². The van der Waals surface area contributed by atoms with Gasteiger partial charge in [-0.1, -0.05) is 0 Å². The maximum absolute atomic E-state index is 11.6. The van der Waals surface area contributed by atoms with Crippen LogP contribution in [0.3, 0.4) is 0 Å². The smallest absolute Gasteiger partial charge is 0.303 e. The molecule has 34 heavy (non-hydrogen) atoms. The van der Waals surface area contributed by atoms with E-state index in [4.69, 9.17) is 37.9 Å². The topological polar surface area (TPSA) is 128 Å². The number of aliphatic hydroxyl groups is 1. The first-order chi connectivity index (χ1) is 16.1. The summed E-state index contributed by atoms with van der Waals surface area (Å²) in [5.41, 5.74) is 0. The van der Waals surface area contributed by atoms with E-state index in [0.717, 1.165) is 0 Å². The molecule has 0 aliphatic carbocycles. The van der Waals surface area contributed by atoms with Crippen molar-refractivity contribution in [1.29, 1.82) is 0 Å². The molecular weight excluding hydrogens is 452 g/mol. The van der Waals surface area contributed by atoms with Gasteiger partial charge in [-0.05, 0) is 27.2 Å². The molecule has 3 saturated heterocycles. The minimum Gasteiger partial charge on any atom is -0.459 e. The molecule has 11 atom stereocenters. The molecule has 11 heteroatoms. The Morgan fingerprint density at radius 3 is 1.94 bits per heavy atom. The van der Waals surface area contributed by atoms with E-state index < -0.39 is 67.4 Å². The molecule has 196 valence electrons. The van der Waals surface area contributed by atoms with Crippen molar-refractivity contribution in [2.45, 2.75) is 128 Å². The lowest BCUT2D eigenvalue weighted by Crippen LogP contribution is -2.53. The van der Waals surface area contributed by atoms with Crippen molar-refractivity contribution in [3.05, 3.63) is 0 Å². The van der Waals surface area contributed by atoms with Crippen LogP contribution in [0.1, 0.15) is 60.3 Å². The van der Waals surface area contributed by atoms with Gasteiger partial charge in [0.25, 0.3) is 0 Å². The Morgan fingerprint density at radius 2 is 1.32 bits per heavy atom. The lowest BCUT2D eigenvalue weighted by molar-refractivity contribution is -0.315. The molecule has 0 saturated carbocycles. The Balaban J connectivity index is 1.55. The molecule has 3 heterocycles. The fourth-order valence-electron chi connectivity index (χ4n) is 4.67. The van der Waals surface area contributed by atoms with Crippen LogP contribution >= 0.6 is 0 Å². The van der Waals surface area contributed by atoms with Gasteiger partial charge in [0.2, 0.25) is 0 Å². The number of hydrogen-bond acceptors (Lipinski definition) is 11. The fraction of sp³-hybridized carbons (Fsp3) is 0.913. The highest BCUT2D eigenvalue weighted by Crippen LogP contribution is 2.32. The Labute approximate surface area is 200 Å². The number of methoxy groups -OCH3 is 1. The van der Waals surface area contributed by atoms with E-state index in [-0.39, 0.29) is 18.6 Å². The second-order valence-electron chi connectivity index (χ2n) is 9.16. The second kappa shape index (κ2) is 12.1. The van der Waals surface area contributed by atoms with Gasteiger partial charge in [-0.15, -0.1) is 0 Å². The zero-order chi connectivity index (χ0) is 25.0. The normalized spacial score (nSPS) is 43.2. The minimum atomic E-state index is -0.912. The lowest BCUT2D eigenvalue weighted by atomic mass is 10.0. The van der Waals surface area contributed by atoms with E-state index in [9.17, 15) is 14.7 Å². The van der Waals surface area contributed by atoms with Crippen molar-refractivity contribution >= 4 is 11.9 Å². The van der Waals surface area contributed by atoms with Crippen molar-refractivity contribution in [1.82, 2.24) is 0 Å². The summed E-state index contributed by atoms with van der Waals surface area (Å²) in [6.07, 6.45) is -3.90. The third kappa shape index (κ3) is 7.09. The molecule has 3 aliphatic heterocycles. The first-order valence-electron chi connectivity index (χ1n) is 11.9. The van der Waals surface area contributed by atoms with E-state index >= 15 is 0 Å². The molecule has 0 aromatic heterocycles. The molecule has 0 bridgehead atoms. The van der Waals surface area contributed by atoms with E-state index in [2.05, 4.69) is 0 Å². The Hall–Kier alpha value is -1.34. The first kappa shape index (κ1) is 27.3. The molecule has 11 unspecified atom stereocenters. The predicted molar refractivity (Wildman–Crippen MR) is 115 cm³/mol. The summed E-state index contributed by atoms with van der Waals surface area (Å²) in [6, 6.07) is 0. The van der Waals surface area contributed by atoms with Gasteiger partial charge in [0.15, 0.2) is 25.0 Å². The highest BCUT2D eigenvalue weighted by atomic mass is 16.7. The number of carbonyl (C=O) groups is 2. The zero-order valence-corrected chi connectivity index (χ0v) is 20.7.